The molecule has 1 amide bonds. The minimum Gasteiger partial charge on any atom is -0.322 e. The molecule has 0 unspecified atom stereocenters. The van der Waals surface area contributed by atoms with E-state index in [4.69, 9.17) is 5.73 Å². The zero-order valence-corrected chi connectivity index (χ0v) is 15.6. The molecule has 1 aromatic carbocycles. The van der Waals surface area contributed by atoms with Gasteiger partial charge in [-0.25, -0.2) is 4.39 Å². The van der Waals surface area contributed by atoms with Crippen LogP contribution in [0.25, 0.3) is 11.4 Å². The van der Waals surface area contributed by atoms with Crippen molar-refractivity contribution in [1.29, 1.82) is 0 Å². The summed E-state index contributed by atoms with van der Waals surface area (Å²) in [4.78, 5) is 12.4. The highest BCUT2D eigenvalue weighted by Gasteiger charge is 2.28. The van der Waals surface area contributed by atoms with E-state index in [2.05, 4.69) is 20.1 Å². The lowest BCUT2D eigenvalue weighted by Crippen LogP contribution is -2.45. The van der Waals surface area contributed by atoms with E-state index in [9.17, 15) is 9.18 Å². The number of amides is 1. The lowest BCUT2D eigenvalue weighted by molar-refractivity contribution is -0.119. The summed E-state index contributed by atoms with van der Waals surface area (Å²) in [5.41, 5.74) is 6.40. The second-order valence-corrected chi connectivity index (χ2v) is 7.93. The van der Waals surface area contributed by atoms with Crippen molar-refractivity contribution in [2.75, 3.05) is 5.32 Å². The molecule has 2 aromatic rings. The summed E-state index contributed by atoms with van der Waals surface area (Å²) in [5, 5.41) is 11.2. The van der Waals surface area contributed by atoms with Gasteiger partial charge in [-0.05, 0) is 36.5 Å². The predicted octanol–water partition coefficient (Wildman–Crippen LogP) is 3.12. The van der Waals surface area contributed by atoms with Crippen molar-refractivity contribution in [3.8, 4) is 11.4 Å². The number of benzene rings is 1. The number of aryl methyl sites for hydroxylation is 1. The Morgan fingerprint density at radius 2 is 2.04 bits per heavy atom. The van der Waals surface area contributed by atoms with E-state index >= 15 is 0 Å². The number of hydrogen-bond donors (Lipinski definition) is 2. The number of rotatable bonds is 3. The molecular formula is C19H26FN5O. The van der Waals surface area contributed by atoms with Gasteiger partial charge in [-0.3, -0.25) is 4.79 Å². The Hall–Kier alpha value is -2.28. The number of anilines is 1. The van der Waals surface area contributed by atoms with Gasteiger partial charge in [0.15, 0.2) is 5.82 Å². The quantitative estimate of drug-likeness (QED) is 0.882. The minimum absolute atomic E-state index is 0.109. The predicted molar refractivity (Wildman–Crippen MR) is 99.0 cm³/mol. The van der Waals surface area contributed by atoms with Gasteiger partial charge in [0, 0.05) is 18.5 Å². The molecule has 3 N–H and O–H groups in total. The summed E-state index contributed by atoms with van der Waals surface area (Å²) in [7, 11) is 0. The molecule has 0 bridgehead atoms. The molecule has 1 aliphatic heterocycles. The van der Waals surface area contributed by atoms with Gasteiger partial charge >= 0.3 is 0 Å². The fourth-order valence-corrected chi connectivity index (χ4v) is 3.06. The molecule has 1 aliphatic rings. The third-order valence-electron chi connectivity index (χ3n) is 4.81. The molecule has 0 radical (unpaired) electrons. The molecule has 140 valence electrons. The second kappa shape index (κ2) is 7.15. The van der Waals surface area contributed by atoms with Gasteiger partial charge in [-0.15, -0.1) is 10.2 Å². The highest BCUT2D eigenvalue weighted by atomic mass is 19.1. The van der Waals surface area contributed by atoms with Gasteiger partial charge in [0.25, 0.3) is 0 Å². The average molecular weight is 359 g/mol. The third-order valence-corrected chi connectivity index (χ3v) is 4.81. The Morgan fingerprint density at radius 3 is 2.77 bits per heavy atom. The van der Waals surface area contributed by atoms with Crippen LogP contribution in [0, 0.1) is 11.2 Å². The van der Waals surface area contributed by atoms with Crippen LogP contribution in [0.15, 0.2) is 18.2 Å². The molecule has 3 rings (SSSR count). The van der Waals surface area contributed by atoms with Crippen molar-refractivity contribution in [1.82, 2.24) is 14.8 Å². The number of nitrogens with one attached hydrogen (secondary N) is 1. The van der Waals surface area contributed by atoms with Crippen LogP contribution >= 0.6 is 0 Å². The fourth-order valence-electron chi connectivity index (χ4n) is 3.06. The standard InChI is InChI=1S/C19H26FN5O/c1-19(2,3)16(21)18(26)22-14-11-12(8-9-13(14)20)17-24-23-15-7-5-4-6-10-25(15)17/h8-9,11,16H,4-7,10,21H2,1-3H3,(H,22,26)/t16-/m1/s1. The number of nitrogens with two attached hydrogens (primary N) is 1. The van der Waals surface area contributed by atoms with Gasteiger partial charge < -0.3 is 15.6 Å². The Kier molecular flexibility index (Phi) is 5.09. The van der Waals surface area contributed by atoms with E-state index in [1.165, 1.54) is 6.07 Å². The van der Waals surface area contributed by atoms with Crippen molar-refractivity contribution in [2.24, 2.45) is 11.1 Å². The normalized spacial score (nSPS) is 15.9. The summed E-state index contributed by atoms with van der Waals surface area (Å²) in [6.45, 7) is 6.46. The van der Waals surface area contributed by atoms with Crippen LogP contribution in [0.3, 0.4) is 0 Å². The molecule has 7 heteroatoms. The average Bonchev–Trinajstić information content (AvgIpc) is 2.83. The highest BCUT2D eigenvalue weighted by Crippen LogP contribution is 2.27. The first-order chi connectivity index (χ1) is 12.3. The van der Waals surface area contributed by atoms with E-state index in [0.717, 1.165) is 43.6 Å². The summed E-state index contributed by atoms with van der Waals surface area (Å²) in [5.74, 6) is 0.757. The van der Waals surface area contributed by atoms with E-state index in [1.807, 2.05) is 20.8 Å². The monoisotopic (exact) mass is 359 g/mol. The van der Waals surface area contributed by atoms with Gasteiger partial charge in [0.05, 0.1) is 11.7 Å². The number of hydrogen-bond acceptors (Lipinski definition) is 4. The first kappa shape index (κ1) is 18.5. The molecule has 6 nitrogen and oxygen atoms in total. The lowest BCUT2D eigenvalue weighted by Gasteiger charge is -2.26. The lowest BCUT2D eigenvalue weighted by atomic mass is 9.87. The number of aromatic nitrogens is 3. The minimum atomic E-state index is -0.741. The van der Waals surface area contributed by atoms with Crippen LogP contribution in [0.5, 0.6) is 0 Å². The molecule has 0 saturated carbocycles. The molecule has 26 heavy (non-hydrogen) atoms. The Morgan fingerprint density at radius 1 is 1.27 bits per heavy atom. The van der Waals surface area contributed by atoms with E-state index in [1.54, 1.807) is 12.1 Å². The Balaban J connectivity index is 1.89. The number of carbonyl (C=O) groups is 1. The van der Waals surface area contributed by atoms with Crippen LogP contribution in [0.2, 0.25) is 0 Å². The van der Waals surface area contributed by atoms with E-state index in [-0.39, 0.29) is 5.69 Å². The largest absolute Gasteiger partial charge is 0.322 e. The maximum atomic E-state index is 14.2. The van der Waals surface area contributed by atoms with Gasteiger partial charge in [-0.1, -0.05) is 27.2 Å². The van der Waals surface area contributed by atoms with Crippen molar-refractivity contribution in [3.05, 3.63) is 29.8 Å². The van der Waals surface area contributed by atoms with E-state index < -0.39 is 23.2 Å². The second-order valence-electron chi connectivity index (χ2n) is 7.93. The number of carbonyl (C=O) groups excluding carboxylic acids is 1. The Labute approximate surface area is 153 Å². The summed E-state index contributed by atoms with van der Waals surface area (Å²) >= 11 is 0. The summed E-state index contributed by atoms with van der Waals surface area (Å²) in [6.07, 6.45) is 4.24. The van der Waals surface area contributed by atoms with Crippen molar-refractivity contribution in [2.45, 2.75) is 59.0 Å². The van der Waals surface area contributed by atoms with Crippen LogP contribution in [-0.2, 0) is 17.8 Å². The molecule has 1 aromatic heterocycles. The van der Waals surface area contributed by atoms with E-state index in [0.29, 0.717) is 5.82 Å². The Bertz CT molecular complexity index is 809. The van der Waals surface area contributed by atoms with Crippen LogP contribution in [0.4, 0.5) is 10.1 Å². The molecule has 2 heterocycles. The molecule has 0 spiro atoms. The molecule has 1 atom stereocenters. The molecule has 0 fully saturated rings. The van der Waals surface area contributed by atoms with Crippen molar-refractivity contribution in [3.63, 3.8) is 0 Å². The third kappa shape index (κ3) is 3.77. The number of fused-ring (bicyclic) bond motifs is 1. The highest BCUT2D eigenvalue weighted by molar-refractivity contribution is 5.95. The number of halogens is 1. The maximum absolute atomic E-state index is 14.2. The smallest absolute Gasteiger partial charge is 0.241 e. The summed E-state index contributed by atoms with van der Waals surface area (Å²) in [6, 6.07) is 3.86. The van der Waals surface area contributed by atoms with Crippen molar-refractivity contribution < 1.29 is 9.18 Å². The SMILES string of the molecule is CC(C)(C)[C@H](N)C(=O)Nc1cc(-c2nnc3n2CCCCC3)ccc1F. The van der Waals surface area contributed by atoms with Gasteiger partial charge in [0.2, 0.25) is 5.91 Å². The topological polar surface area (TPSA) is 85.8 Å². The van der Waals surface area contributed by atoms with Crippen LogP contribution in [-0.4, -0.2) is 26.7 Å². The number of nitrogens with zero attached hydrogens (tertiary/aromatic N) is 3. The molecule has 0 saturated heterocycles. The van der Waals surface area contributed by atoms with Gasteiger partial charge in [0.1, 0.15) is 11.6 Å². The fraction of sp³-hybridized carbons (Fsp3) is 0.526. The van der Waals surface area contributed by atoms with Crippen molar-refractivity contribution >= 4 is 11.6 Å². The summed E-state index contributed by atoms with van der Waals surface area (Å²) < 4.78 is 16.3. The zero-order valence-electron chi connectivity index (χ0n) is 15.6. The molecule has 0 aliphatic carbocycles. The molecular weight excluding hydrogens is 333 g/mol. The van der Waals surface area contributed by atoms with Gasteiger partial charge in [-0.2, -0.15) is 0 Å². The first-order valence-corrected chi connectivity index (χ1v) is 9.06. The maximum Gasteiger partial charge on any atom is 0.241 e. The first-order valence-electron chi connectivity index (χ1n) is 9.06. The van der Waals surface area contributed by atoms with Crippen LogP contribution < -0.4 is 11.1 Å². The van der Waals surface area contributed by atoms with Crippen LogP contribution in [0.1, 0.15) is 45.9 Å². The zero-order chi connectivity index (χ0) is 18.9.